The maximum Gasteiger partial charge on any atom is 0.388 e. The van der Waals surface area contributed by atoms with Crippen molar-refractivity contribution in [3.63, 3.8) is 0 Å². The minimum absolute atomic E-state index is 0.0581. The standard InChI is InChI=1S/C8H7F2NO2/c1-5(12)6-3-2-4-11-7(6)13-8(9)10/h2-4,8H,1H3. The number of pyridine rings is 1. The van der Waals surface area contributed by atoms with E-state index in [1.807, 2.05) is 0 Å². The molecule has 0 spiro atoms. The molecule has 0 aliphatic carbocycles. The first-order valence-corrected chi connectivity index (χ1v) is 3.52. The number of aromatic nitrogens is 1. The van der Waals surface area contributed by atoms with Crippen LogP contribution in [0, 0.1) is 0 Å². The zero-order valence-corrected chi connectivity index (χ0v) is 6.83. The first kappa shape index (κ1) is 9.57. The molecule has 0 aliphatic rings. The second-order valence-electron chi connectivity index (χ2n) is 2.29. The summed E-state index contributed by atoms with van der Waals surface area (Å²) < 4.78 is 27.6. The van der Waals surface area contributed by atoms with Crippen LogP contribution in [0.2, 0.25) is 0 Å². The molecule has 1 aromatic rings. The van der Waals surface area contributed by atoms with Gasteiger partial charge >= 0.3 is 6.61 Å². The van der Waals surface area contributed by atoms with E-state index < -0.39 is 6.61 Å². The SMILES string of the molecule is CC(=O)c1cccnc1OC(F)F. The quantitative estimate of drug-likeness (QED) is 0.678. The molecule has 0 fully saturated rings. The lowest BCUT2D eigenvalue weighted by atomic mass is 10.2. The van der Waals surface area contributed by atoms with Crippen molar-refractivity contribution >= 4 is 5.78 Å². The fourth-order valence-electron chi connectivity index (χ4n) is 0.837. The van der Waals surface area contributed by atoms with Gasteiger partial charge in [-0.3, -0.25) is 4.79 Å². The Labute approximate surface area is 73.4 Å². The highest BCUT2D eigenvalue weighted by molar-refractivity contribution is 5.96. The lowest BCUT2D eigenvalue weighted by Gasteiger charge is -2.05. The number of carbonyl (C=O) groups excluding carboxylic acids is 1. The van der Waals surface area contributed by atoms with E-state index in [9.17, 15) is 13.6 Å². The van der Waals surface area contributed by atoms with Gasteiger partial charge in [-0.15, -0.1) is 0 Å². The summed E-state index contributed by atoms with van der Waals surface area (Å²) in [6.45, 7) is -1.71. The van der Waals surface area contributed by atoms with Gasteiger partial charge in [0.2, 0.25) is 5.88 Å². The van der Waals surface area contributed by atoms with E-state index in [-0.39, 0.29) is 17.2 Å². The predicted molar refractivity (Wildman–Crippen MR) is 40.9 cm³/mol. The zero-order chi connectivity index (χ0) is 9.84. The molecule has 0 saturated heterocycles. The molecule has 0 aromatic carbocycles. The lowest BCUT2D eigenvalue weighted by molar-refractivity contribution is -0.0531. The molecule has 0 aliphatic heterocycles. The molecule has 0 atom stereocenters. The molecule has 0 N–H and O–H groups in total. The Balaban J connectivity index is 2.98. The molecule has 0 amide bonds. The van der Waals surface area contributed by atoms with Gasteiger partial charge in [0.25, 0.3) is 0 Å². The average molecular weight is 187 g/mol. The lowest BCUT2D eigenvalue weighted by Crippen LogP contribution is -2.07. The van der Waals surface area contributed by atoms with Crippen molar-refractivity contribution in [1.82, 2.24) is 4.98 Å². The normalized spacial score (nSPS) is 10.2. The Morgan fingerprint density at radius 1 is 1.62 bits per heavy atom. The van der Waals surface area contributed by atoms with Crippen LogP contribution < -0.4 is 4.74 Å². The maximum atomic E-state index is 11.8. The minimum Gasteiger partial charge on any atom is -0.416 e. The fourth-order valence-corrected chi connectivity index (χ4v) is 0.837. The highest BCUT2D eigenvalue weighted by Gasteiger charge is 2.12. The van der Waals surface area contributed by atoms with Gasteiger partial charge < -0.3 is 4.74 Å². The number of carbonyl (C=O) groups is 1. The second kappa shape index (κ2) is 3.93. The van der Waals surface area contributed by atoms with Crippen molar-refractivity contribution in [2.45, 2.75) is 13.5 Å². The summed E-state index contributed by atoms with van der Waals surface area (Å²) in [7, 11) is 0. The Kier molecular flexibility index (Phi) is 2.89. The van der Waals surface area contributed by atoms with Crippen molar-refractivity contribution < 1.29 is 18.3 Å². The van der Waals surface area contributed by atoms with E-state index in [0.717, 1.165) is 0 Å². The number of rotatable bonds is 3. The van der Waals surface area contributed by atoms with Crippen LogP contribution in [0.15, 0.2) is 18.3 Å². The zero-order valence-electron chi connectivity index (χ0n) is 6.83. The van der Waals surface area contributed by atoms with Crippen LogP contribution in [0.4, 0.5) is 8.78 Å². The number of hydrogen-bond acceptors (Lipinski definition) is 3. The number of hydrogen-bond donors (Lipinski definition) is 0. The summed E-state index contributed by atoms with van der Waals surface area (Å²) in [5, 5.41) is 0. The van der Waals surface area contributed by atoms with Gasteiger partial charge in [0, 0.05) is 6.20 Å². The summed E-state index contributed by atoms with van der Waals surface area (Å²) in [6, 6.07) is 2.86. The molecule has 70 valence electrons. The molecule has 0 bridgehead atoms. The highest BCUT2D eigenvalue weighted by atomic mass is 19.3. The summed E-state index contributed by atoms with van der Waals surface area (Å²) >= 11 is 0. The van der Waals surface area contributed by atoms with Gasteiger partial charge in [-0.2, -0.15) is 8.78 Å². The first-order chi connectivity index (χ1) is 6.11. The molecule has 1 heterocycles. The van der Waals surface area contributed by atoms with Crippen molar-refractivity contribution in [1.29, 1.82) is 0 Å². The molecule has 13 heavy (non-hydrogen) atoms. The van der Waals surface area contributed by atoms with Crippen LogP contribution in [-0.4, -0.2) is 17.4 Å². The maximum absolute atomic E-state index is 11.8. The van der Waals surface area contributed by atoms with Crippen molar-refractivity contribution in [3.05, 3.63) is 23.9 Å². The third-order valence-electron chi connectivity index (χ3n) is 1.35. The van der Waals surface area contributed by atoms with Crippen molar-refractivity contribution in [2.75, 3.05) is 0 Å². The number of Topliss-reactive ketones (excluding diaryl/α,β-unsaturated/α-hetero) is 1. The number of ketones is 1. The predicted octanol–water partition coefficient (Wildman–Crippen LogP) is 1.89. The average Bonchev–Trinajstić information content (AvgIpc) is 2.03. The first-order valence-electron chi connectivity index (χ1n) is 3.52. The number of alkyl halides is 2. The van der Waals surface area contributed by atoms with E-state index in [2.05, 4.69) is 9.72 Å². The second-order valence-corrected chi connectivity index (χ2v) is 2.29. The van der Waals surface area contributed by atoms with Gasteiger partial charge in [0.15, 0.2) is 5.78 Å². The molecular weight excluding hydrogens is 180 g/mol. The monoisotopic (exact) mass is 187 g/mol. The molecular formula is C8H7F2NO2. The molecule has 0 unspecified atom stereocenters. The molecule has 1 rings (SSSR count). The fraction of sp³-hybridized carbons (Fsp3) is 0.250. The molecule has 0 saturated carbocycles. The van der Waals surface area contributed by atoms with Crippen LogP contribution in [0.25, 0.3) is 0 Å². The Bertz CT molecular complexity index is 315. The van der Waals surface area contributed by atoms with Crippen molar-refractivity contribution in [2.24, 2.45) is 0 Å². The highest BCUT2D eigenvalue weighted by Crippen LogP contribution is 2.16. The number of ether oxygens (including phenoxy) is 1. The summed E-state index contributed by atoms with van der Waals surface area (Å²) in [5.74, 6) is -0.686. The van der Waals surface area contributed by atoms with Crippen LogP contribution >= 0.6 is 0 Å². The van der Waals surface area contributed by atoms with E-state index >= 15 is 0 Å². The number of nitrogens with zero attached hydrogens (tertiary/aromatic N) is 1. The van der Waals surface area contributed by atoms with Gasteiger partial charge in [-0.25, -0.2) is 4.98 Å². The van der Waals surface area contributed by atoms with Crippen LogP contribution in [0.1, 0.15) is 17.3 Å². The molecule has 1 aromatic heterocycles. The Hall–Kier alpha value is -1.52. The van der Waals surface area contributed by atoms with E-state index in [0.29, 0.717) is 0 Å². The molecule has 0 radical (unpaired) electrons. The smallest absolute Gasteiger partial charge is 0.388 e. The van der Waals surface area contributed by atoms with Crippen LogP contribution in [0.3, 0.4) is 0 Å². The Morgan fingerprint density at radius 3 is 2.85 bits per heavy atom. The van der Waals surface area contributed by atoms with Crippen LogP contribution in [0.5, 0.6) is 5.88 Å². The minimum atomic E-state index is -2.96. The third-order valence-corrected chi connectivity index (χ3v) is 1.35. The van der Waals surface area contributed by atoms with Gasteiger partial charge in [-0.05, 0) is 19.1 Å². The summed E-state index contributed by atoms with van der Waals surface area (Å²) in [6.07, 6.45) is 1.28. The summed E-state index contributed by atoms with van der Waals surface area (Å²) in [5.41, 5.74) is 0.0581. The Morgan fingerprint density at radius 2 is 2.31 bits per heavy atom. The largest absolute Gasteiger partial charge is 0.416 e. The van der Waals surface area contributed by atoms with Gasteiger partial charge in [0.1, 0.15) is 0 Å². The third kappa shape index (κ3) is 2.47. The van der Waals surface area contributed by atoms with Gasteiger partial charge in [0.05, 0.1) is 5.56 Å². The van der Waals surface area contributed by atoms with Crippen LogP contribution in [-0.2, 0) is 0 Å². The van der Waals surface area contributed by atoms with E-state index in [4.69, 9.17) is 0 Å². The molecule has 3 nitrogen and oxygen atoms in total. The van der Waals surface area contributed by atoms with Gasteiger partial charge in [-0.1, -0.05) is 0 Å². The van der Waals surface area contributed by atoms with E-state index in [1.54, 1.807) is 0 Å². The van der Waals surface area contributed by atoms with Crippen molar-refractivity contribution in [3.8, 4) is 5.88 Å². The number of halogens is 2. The van der Waals surface area contributed by atoms with E-state index in [1.165, 1.54) is 25.3 Å². The summed E-state index contributed by atoms with van der Waals surface area (Å²) in [4.78, 5) is 14.4. The topological polar surface area (TPSA) is 39.2 Å². The molecule has 5 heteroatoms.